The Hall–Kier alpha value is -1.25. The minimum absolute atomic E-state index is 0.134. The standard InChI is InChI=1S/C15H18ClN3O4/c1-7-17-12(16)8-4-5-19(13(8)18-7)14-11-10(9(6-20)21-14)22-15(2,3)23-11/h4-5,9-11,14,20H,6H2,1-3H3/t9-,10-,11-,14-/m1/s1. The molecule has 2 aliphatic heterocycles. The molecule has 2 aliphatic rings. The summed E-state index contributed by atoms with van der Waals surface area (Å²) in [4.78, 5) is 8.64. The van der Waals surface area contributed by atoms with E-state index in [1.165, 1.54) is 0 Å². The molecule has 2 fully saturated rings. The van der Waals surface area contributed by atoms with Crippen molar-refractivity contribution in [2.75, 3.05) is 6.61 Å². The quantitative estimate of drug-likeness (QED) is 0.841. The highest BCUT2D eigenvalue weighted by Gasteiger charge is 2.55. The molecule has 4 rings (SSSR count). The third-order valence-corrected chi connectivity index (χ3v) is 4.50. The summed E-state index contributed by atoms with van der Waals surface area (Å²) in [6.07, 6.45) is 0.313. The molecule has 4 heterocycles. The highest BCUT2D eigenvalue weighted by Crippen LogP contribution is 2.43. The third-order valence-electron chi connectivity index (χ3n) is 4.22. The molecule has 0 aliphatic carbocycles. The number of hydrogen-bond donors (Lipinski definition) is 1. The highest BCUT2D eigenvalue weighted by atomic mass is 35.5. The summed E-state index contributed by atoms with van der Waals surface area (Å²) in [6, 6.07) is 1.85. The van der Waals surface area contributed by atoms with Crippen molar-refractivity contribution in [3.63, 3.8) is 0 Å². The third kappa shape index (κ3) is 2.35. The van der Waals surface area contributed by atoms with Gasteiger partial charge in [-0.05, 0) is 26.8 Å². The van der Waals surface area contributed by atoms with E-state index in [0.717, 1.165) is 5.39 Å². The Morgan fingerprint density at radius 2 is 2.04 bits per heavy atom. The summed E-state index contributed by atoms with van der Waals surface area (Å²) in [5.74, 6) is -0.129. The largest absolute Gasteiger partial charge is 0.394 e. The molecule has 8 heteroatoms. The van der Waals surface area contributed by atoms with Gasteiger partial charge in [0, 0.05) is 6.20 Å². The maximum Gasteiger partial charge on any atom is 0.164 e. The molecule has 0 saturated carbocycles. The minimum atomic E-state index is -0.712. The Morgan fingerprint density at radius 3 is 2.78 bits per heavy atom. The number of aromatic nitrogens is 3. The van der Waals surface area contributed by atoms with Crippen LogP contribution in [-0.2, 0) is 14.2 Å². The number of fused-ring (bicyclic) bond motifs is 2. The molecular weight excluding hydrogens is 322 g/mol. The molecule has 0 unspecified atom stereocenters. The van der Waals surface area contributed by atoms with Crippen molar-refractivity contribution >= 4 is 22.6 Å². The lowest BCUT2D eigenvalue weighted by Crippen LogP contribution is -2.31. The molecule has 0 bridgehead atoms. The van der Waals surface area contributed by atoms with Gasteiger partial charge in [0.15, 0.2) is 12.0 Å². The average Bonchev–Trinajstić information content (AvgIpc) is 3.09. The van der Waals surface area contributed by atoms with Gasteiger partial charge in [-0.1, -0.05) is 11.6 Å². The zero-order chi connectivity index (χ0) is 16.4. The van der Waals surface area contributed by atoms with Gasteiger partial charge in [0.25, 0.3) is 0 Å². The van der Waals surface area contributed by atoms with Gasteiger partial charge < -0.3 is 23.9 Å². The van der Waals surface area contributed by atoms with E-state index in [9.17, 15) is 5.11 Å². The molecule has 2 saturated heterocycles. The molecule has 0 spiro atoms. The second-order valence-corrected chi connectivity index (χ2v) is 6.69. The van der Waals surface area contributed by atoms with E-state index >= 15 is 0 Å². The number of ether oxygens (including phenoxy) is 3. The fourth-order valence-corrected chi connectivity index (χ4v) is 3.60. The van der Waals surface area contributed by atoms with Crippen molar-refractivity contribution < 1.29 is 19.3 Å². The number of halogens is 1. The van der Waals surface area contributed by atoms with Crippen molar-refractivity contribution in [2.45, 2.75) is 51.1 Å². The molecule has 1 N–H and O–H groups in total. The number of hydrogen-bond acceptors (Lipinski definition) is 6. The molecule has 0 amide bonds. The first-order valence-corrected chi connectivity index (χ1v) is 7.90. The van der Waals surface area contributed by atoms with Crippen LogP contribution >= 0.6 is 11.6 Å². The van der Waals surface area contributed by atoms with Crippen LogP contribution in [0.5, 0.6) is 0 Å². The van der Waals surface area contributed by atoms with Gasteiger partial charge in [-0.3, -0.25) is 0 Å². The Kier molecular flexibility index (Phi) is 3.40. The maximum absolute atomic E-state index is 9.58. The highest BCUT2D eigenvalue weighted by molar-refractivity contribution is 6.33. The minimum Gasteiger partial charge on any atom is -0.394 e. The van der Waals surface area contributed by atoms with Crippen molar-refractivity contribution in [3.8, 4) is 0 Å². The first-order chi connectivity index (χ1) is 10.9. The van der Waals surface area contributed by atoms with Crippen LogP contribution in [0.15, 0.2) is 12.3 Å². The van der Waals surface area contributed by atoms with Gasteiger partial charge in [-0.25, -0.2) is 9.97 Å². The lowest BCUT2D eigenvalue weighted by Gasteiger charge is -2.24. The Balaban J connectivity index is 1.79. The van der Waals surface area contributed by atoms with Crippen molar-refractivity contribution in [1.29, 1.82) is 0 Å². The smallest absolute Gasteiger partial charge is 0.164 e. The van der Waals surface area contributed by atoms with Crippen molar-refractivity contribution in [2.24, 2.45) is 0 Å². The van der Waals surface area contributed by atoms with Gasteiger partial charge in [0.2, 0.25) is 0 Å². The Labute approximate surface area is 138 Å². The fraction of sp³-hybridized carbons (Fsp3) is 0.600. The van der Waals surface area contributed by atoms with Crippen molar-refractivity contribution in [3.05, 3.63) is 23.2 Å². The Bertz CT molecular complexity index is 763. The summed E-state index contributed by atoms with van der Waals surface area (Å²) in [7, 11) is 0. The average molecular weight is 340 g/mol. The van der Waals surface area contributed by atoms with Crippen LogP contribution in [-0.4, -0.2) is 50.3 Å². The van der Waals surface area contributed by atoms with E-state index in [4.69, 9.17) is 25.8 Å². The fourth-order valence-electron chi connectivity index (χ4n) is 3.33. The predicted octanol–water partition coefficient (Wildman–Crippen LogP) is 1.80. The van der Waals surface area contributed by atoms with E-state index in [1.807, 2.05) is 30.7 Å². The SMILES string of the molecule is Cc1nc(Cl)c2ccn([C@@H]3O[C@H](CO)[C@H]4OC(C)(C)O[C@H]43)c2n1. The monoisotopic (exact) mass is 339 g/mol. The first-order valence-electron chi connectivity index (χ1n) is 7.52. The zero-order valence-corrected chi connectivity index (χ0v) is 13.8. The summed E-state index contributed by atoms with van der Waals surface area (Å²) in [5.41, 5.74) is 0.679. The van der Waals surface area contributed by atoms with Crippen LogP contribution in [0.2, 0.25) is 5.15 Å². The number of aryl methyl sites for hydroxylation is 1. The summed E-state index contributed by atoms with van der Waals surface area (Å²) in [5, 5.41) is 10.7. The van der Waals surface area contributed by atoms with Crippen LogP contribution in [0.3, 0.4) is 0 Å². The summed E-state index contributed by atoms with van der Waals surface area (Å²) >= 11 is 6.19. The van der Waals surface area contributed by atoms with Gasteiger partial charge >= 0.3 is 0 Å². The molecule has 7 nitrogen and oxygen atoms in total. The van der Waals surface area contributed by atoms with Crippen LogP contribution in [0.25, 0.3) is 11.0 Å². The number of nitrogens with zero attached hydrogens (tertiary/aromatic N) is 3. The van der Waals surface area contributed by atoms with Gasteiger partial charge in [-0.2, -0.15) is 0 Å². The topological polar surface area (TPSA) is 78.6 Å². The second kappa shape index (κ2) is 5.12. The summed E-state index contributed by atoms with van der Waals surface area (Å²) < 4.78 is 19.7. The molecular formula is C15H18ClN3O4. The molecule has 2 aromatic heterocycles. The van der Waals surface area contributed by atoms with E-state index in [2.05, 4.69) is 9.97 Å². The van der Waals surface area contributed by atoms with Gasteiger partial charge in [0.05, 0.1) is 12.0 Å². The molecule has 23 heavy (non-hydrogen) atoms. The molecule has 124 valence electrons. The second-order valence-electron chi connectivity index (χ2n) is 6.33. The van der Waals surface area contributed by atoms with E-state index in [1.54, 1.807) is 6.92 Å². The van der Waals surface area contributed by atoms with Crippen LogP contribution in [0.4, 0.5) is 0 Å². The first kappa shape index (κ1) is 15.3. The van der Waals surface area contributed by atoms with E-state index in [-0.39, 0.29) is 18.8 Å². The van der Waals surface area contributed by atoms with Crippen LogP contribution in [0, 0.1) is 6.92 Å². The lowest BCUT2D eigenvalue weighted by molar-refractivity contribution is -0.199. The van der Waals surface area contributed by atoms with Crippen molar-refractivity contribution in [1.82, 2.24) is 14.5 Å². The zero-order valence-electron chi connectivity index (χ0n) is 13.1. The normalized spacial score (nSPS) is 32.6. The van der Waals surface area contributed by atoms with Crippen LogP contribution < -0.4 is 0 Å². The molecule has 2 aromatic rings. The molecule has 0 radical (unpaired) electrons. The number of aliphatic hydroxyl groups excluding tert-OH is 1. The molecule has 0 aromatic carbocycles. The van der Waals surface area contributed by atoms with Gasteiger partial charge in [0.1, 0.15) is 34.9 Å². The summed E-state index contributed by atoms with van der Waals surface area (Å²) in [6.45, 7) is 5.36. The predicted molar refractivity (Wildman–Crippen MR) is 82.1 cm³/mol. The molecule has 4 atom stereocenters. The lowest BCUT2D eigenvalue weighted by atomic mass is 10.1. The van der Waals surface area contributed by atoms with E-state index < -0.39 is 18.1 Å². The van der Waals surface area contributed by atoms with Crippen LogP contribution in [0.1, 0.15) is 25.9 Å². The number of aliphatic hydroxyl groups is 1. The van der Waals surface area contributed by atoms with E-state index in [0.29, 0.717) is 16.6 Å². The Morgan fingerprint density at radius 1 is 1.30 bits per heavy atom. The number of rotatable bonds is 2. The maximum atomic E-state index is 9.58. The van der Waals surface area contributed by atoms with Gasteiger partial charge in [-0.15, -0.1) is 0 Å².